The van der Waals surface area contributed by atoms with Crippen molar-refractivity contribution in [3.63, 3.8) is 0 Å². The summed E-state index contributed by atoms with van der Waals surface area (Å²) in [5.74, 6) is 0.626. The van der Waals surface area contributed by atoms with Crippen LogP contribution in [0.5, 0.6) is 0 Å². The molecule has 0 spiro atoms. The molecule has 0 amide bonds. The highest BCUT2D eigenvalue weighted by Crippen LogP contribution is 2.31. The standard InChI is InChI=1S/C18H21ClN8/c1-25-7-9-26(10-8-25)13-3-4-15(16(11-13)27-6-2-5-22-27)23-17-14(19)12-21-18(20)24-17/h2-6,11-12H,7-10H2,1H3,(H3,20,21,23,24). The third kappa shape index (κ3) is 3.81. The van der Waals surface area contributed by atoms with Gasteiger partial charge in [-0.3, -0.25) is 0 Å². The van der Waals surface area contributed by atoms with Crippen LogP contribution in [-0.4, -0.2) is 57.9 Å². The van der Waals surface area contributed by atoms with Crippen molar-refractivity contribution >= 4 is 34.7 Å². The summed E-state index contributed by atoms with van der Waals surface area (Å²) < 4.78 is 1.82. The van der Waals surface area contributed by atoms with Crippen molar-refractivity contribution in [2.75, 3.05) is 49.2 Å². The molecule has 3 N–H and O–H groups in total. The number of halogens is 1. The molecule has 3 aromatic rings. The van der Waals surface area contributed by atoms with Crippen LogP contribution in [-0.2, 0) is 0 Å². The highest BCUT2D eigenvalue weighted by Gasteiger charge is 2.17. The van der Waals surface area contributed by atoms with E-state index in [1.165, 1.54) is 6.20 Å². The molecule has 0 atom stereocenters. The largest absolute Gasteiger partial charge is 0.369 e. The normalized spacial score (nSPS) is 15.1. The molecule has 0 bridgehead atoms. The predicted molar refractivity (Wildman–Crippen MR) is 108 cm³/mol. The van der Waals surface area contributed by atoms with Gasteiger partial charge in [-0.05, 0) is 31.3 Å². The molecule has 140 valence electrons. The van der Waals surface area contributed by atoms with Crippen molar-refractivity contribution in [3.05, 3.63) is 47.9 Å². The van der Waals surface area contributed by atoms with Crippen LogP contribution < -0.4 is 16.0 Å². The lowest BCUT2D eigenvalue weighted by Gasteiger charge is -2.34. The van der Waals surface area contributed by atoms with E-state index in [0.29, 0.717) is 10.8 Å². The third-order valence-corrected chi connectivity index (χ3v) is 4.89. The lowest BCUT2D eigenvalue weighted by atomic mass is 10.2. The summed E-state index contributed by atoms with van der Waals surface area (Å²) in [6, 6.07) is 8.12. The maximum Gasteiger partial charge on any atom is 0.222 e. The smallest absolute Gasteiger partial charge is 0.222 e. The quantitative estimate of drug-likeness (QED) is 0.714. The number of piperazine rings is 1. The molecule has 3 heterocycles. The molecule has 9 heteroatoms. The molecule has 0 saturated carbocycles. The zero-order chi connectivity index (χ0) is 18.8. The van der Waals surface area contributed by atoms with E-state index in [9.17, 15) is 0 Å². The van der Waals surface area contributed by atoms with Crippen molar-refractivity contribution in [1.82, 2.24) is 24.6 Å². The second-order valence-corrected chi connectivity index (χ2v) is 6.90. The Kier molecular flexibility index (Phi) is 4.83. The monoisotopic (exact) mass is 384 g/mol. The Bertz CT molecular complexity index is 919. The minimum absolute atomic E-state index is 0.164. The number of hydrogen-bond donors (Lipinski definition) is 2. The van der Waals surface area contributed by atoms with Crippen LogP contribution in [0.25, 0.3) is 5.69 Å². The number of likely N-dealkylation sites (N-methyl/N-ethyl adjacent to an activating group) is 1. The van der Waals surface area contributed by atoms with Gasteiger partial charge in [0.25, 0.3) is 0 Å². The van der Waals surface area contributed by atoms with Gasteiger partial charge >= 0.3 is 0 Å². The second kappa shape index (κ2) is 7.42. The van der Waals surface area contributed by atoms with Crippen LogP contribution in [0.2, 0.25) is 5.02 Å². The molecular formula is C18H21ClN8. The Morgan fingerprint density at radius 2 is 2.00 bits per heavy atom. The van der Waals surface area contributed by atoms with E-state index in [0.717, 1.165) is 43.2 Å². The Morgan fingerprint density at radius 1 is 1.19 bits per heavy atom. The number of rotatable bonds is 4. The van der Waals surface area contributed by atoms with Crippen molar-refractivity contribution < 1.29 is 0 Å². The average Bonchev–Trinajstić information content (AvgIpc) is 3.20. The summed E-state index contributed by atoms with van der Waals surface area (Å²) >= 11 is 6.21. The molecule has 0 radical (unpaired) electrons. The first-order chi connectivity index (χ1) is 13.1. The molecule has 2 aromatic heterocycles. The number of nitrogens with one attached hydrogen (secondary N) is 1. The van der Waals surface area contributed by atoms with Gasteiger partial charge in [0.2, 0.25) is 5.95 Å². The minimum Gasteiger partial charge on any atom is -0.369 e. The molecule has 4 rings (SSSR count). The van der Waals surface area contributed by atoms with Crippen LogP contribution >= 0.6 is 11.6 Å². The average molecular weight is 385 g/mol. The summed E-state index contributed by atoms with van der Waals surface area (Å²) in [7, 11) is 2.15. The van der Waals surface area contributed by atoms with Gasteiger partial charge in [-0.15, -0.1) is 0 Å². The minimum atomic E-state index is 0.164. The number of anilines is 4. The van der Waals surface area contributed by atoms with Gasteiger partial charge in [-0.1, -0.05) is 11.6 Å². The third-order valence-electron chi connectivity index (χ3n) is 4.62. The van der Waals surface area contributed by atoms with E-state index < -0.39 is 0 Å². The highest BCUT2D eigenvalue weighted by molar-refractivity contribution is 6.32. The number of nitrogens with zero attached hydrogens (tertiary/aromatic N) is 6. The summed E-state index contributed by atoms with van der Waals surface area (Å²) in [4.78, 5) is 12.8. The van der Waals surface area contributed by atoms with Gasteiger partial charge in [0, 0.05) is 44.3 Å². The van der Waals surface area contributed by atoms with Crippen LogP contribution in [0.1, 0.15) is 0 Å². The molecule has 27 heavy (non-hydrogen) atoms. The van der Waals surface area contributed by atoms with Crippen molar-refractivity contribution in [3.8, 4) is 5.69 Å². The molecule has 0 aliphatic carbocycles. The summed E-state index contributed by atoms with van der Waals surface area (Å²) in [6.45, 7) is 4.09. The zero-order valence-corrected chi connectivity index (χ0v) is 15.8. The SMILES string of the molecule is CN1CCN(c2ccc(Nc3nc(N)ncc3Cl)c(-n3cccn3)c2)CC1. The Labute approximate surface area is 162 Å². The zero-order valence-electron chi connectivity index (χ0n) is 15.0. The lowest BCUT2D eigenvalue weighted by molar-refractivity contribution is 0.313. The Morgan fingerprint density at radius 3 is 2.74 bits per heavy atom. The fraction of sp³-hybridized carbons (Fsp3) is 0.278. The van der Waals surface area contributed by atoms with E-state index in [2.05, 4.69) is 49.4 Å². The fourth-order valence-corrected chi connectivity index (χ4v) is 3.22. The second-order valence-electron chi connectivity index (χ2n) is 6.49. The molecule has 1 saturated heterocycles. The summed E-state index contributed by atoms with van der Waals surface area (Å²) in [6.07, 6.45) is 5.14. The lowest BCUT2D eigenvalue weighted by Crippen LogP contribution is -2.44. The first kappa shape index (κ1) is 17.6. The van der Waals surface area contributed by atoms with Crippen LogP contribution in [0.3, 0.4) is 0 Å². The maximum atomic E-state index is 6.21. The van der Waals surface area contributed by atoms with E-state index in [-0.39, 0.29) is 5.95 Å². The number of aromatic nitrogens is 4. The molecule has 1 aliphatic rings. The van der Waals surface area contributed by atoms with E-state index in [1.807, 2.05) is 23.0 Å². The highest BCUT2D eigenvalue weighted by atomic mass is 35.5. The van der Waals surface area contributed by atoms with Crippen molar-refractivity contribution in [2.45, 2.75) is 0 Å². The molecule has 8 nitrogen and oxygen atoms in total. The van der Waals surface area contributed by atoms with Crippen LogP contribution in [0.4, 0.5) is 23.1 Å². The van der Waals surface area contributed by atoms with Crippen LogP contribution in [0.15, 0.2) is 42.9 Å². The number of nitrogens with two attached hydrogens (primary N) is 1. The molecule has 1 aliphatic heterocycles. The van der Waals surface area contributed by atoms with Gasteiger partial charge < -0.3 is 20.9 Å². The van der Waals surface area contributed by atoms with E-state index in [1.54, 1.807) is 6.20 Å². The predicted octanol–water partition coefficient (Wildman–Crippen LogP) is 2.39. The topological polar surface area (TPSA) is 88.1 Å². The summed E-state index contributed by atoms with van der Waals surface area (Å²) in [5, 5.41) is 8.04. The number of nitrogen functional groups attached to an aromatic ring is 1. The van der Waals surface area contributed by atoms with Gasteiger partial charge in [-0.25, -0.2) is 9.67 Å². The van der Waals surface area contributed by atoms with Gasteiger partial charge in [0.15, 0.2) is 5.82 Å². The summed E-state index contributed by atoms with van der Waals surface area (Å²) in [5.41, 5.74) is 8.59. The molecule has 1 fully saturated rings. The first-order valence-electron chi connectivity index (χ1n) is 8.73. The Hall–Kier alpha value is -2.84. The van der Waals surface area contributed by atoms with Gasteiger partial charge in [0.1, 0.15) is 5.02 Å². The molecule has 0 unspecified atom stereocenters. The number of benzene rings is 1. The van der Waals surface area contributed by atoms with E-state index >= 15 is 0 Å². The first-order valence-corrected chi connectivity index (χ1v) is 9.10. The van der Waals surface area contributed by atoms with Gasteiger partial charge in [0.05, 0.1) is 17.6 Å². The Balaban J connectivity index is 1.70. The molecular weight excluding hydrogens is 364 g/mol. The van der Waals surface area contributed by atoms with E-state index in [4.69, 9.17) is 17.3 Å². The maximum absolute atomic E-state index is 6.21. The van der Waals surface area contributed by atoms with Crippen molar-refractivity contribution in [2.24, 2.45) is 0 Å². The molecule has 1 aromatic carbocycles. The fourth-order valence-electron chi connectivity index (χ4n) is 3.08. The van der Waals surface area contributed by atoms with Crippen molar-refractivity contribution in [1.29, 1.82) is 0 Å². The van der Waals surface area contributed by atoms with Crippen LogP contribution in [0, 0.1) is 0 Å². The number of hydrogen-bond acceptors (Lipinski definition) is 7. The van der Waals surface area contributed by atoms with Gasteiger partial charge in [-0.2, -0.15) is 10.1 Å².